The van der Waals surface area contributed by atoms with E-state index >= 15 is 0 Å². The molecule has 0 aliphatic carbocycles. The fourth-order valence-corrected chi connectivity index (χ4v) is 4.77. The highest BCUT2D eigenvalue weighted by atomic mass is 32.2. The largest absolute Gasteiger partial charge is 0.481 e. The van der Waals surface area contributed by atoms with Gasteiger partial charge in [-0.2, -0.15) is 0 Å². The molecule has 2 aromatic carbocycles. The third-order valence-electron chi connectivity index (χ3n) is 3.59. The summed E-state index contributed by atoms with van der Waals surface area (Å²) in [4.78, 5) is 26.6. The van der Waals surface area contributed by atoms with Crippen molar-refractivity contribution in [3.63, 3.8) is 0 Å². The average molecular weight is 373 g/mol. The van der Waals surface area contributed by atoms with Crippen LogP contribution in [0.25, 0.3) is 10.2 Å². The van der Waals surface area contributed by atoms with E-state index in [1.165, 1.54) is 16.9 Å². The Bertz CT molecular complexity index is 908. The SMILES string of the molecule is O=C(O)CC(Sc1nc2cccc(Cc3ccccc3)c2s1)C(=O)O. The Balaban J connectivity index is 1.88. The Kier molecular flexibility index (Phi) is 5.35. The molecule has 0 bridgehead atoms. The molecule has 0 aliphatic heterocycles. The van der Waals surface area contributed by atoms with Crippen LogP contribution in [0.15, 0.2) is 52.9 Å². The van der Waals surface area contributed by atoms with Crippen molar-refractivity contribution in [2.75, 3.05) is 0 Å². The van der Waals surface area contributed by atoms with Crippen molar-refractivity contribution in [3.8, 4) is 0 Å². The van der Waals surface area contributed by atoms with Crippen molar-refractivity contribution in [2.45, 2.75) is 22.4 Å². The number of carboxylic acids is 2. The van der Waals surface area contributed by atoms with E-state index in [2.05, 4.69) is 17.1 Å². The summed E-state index contributed by atoms with van der Waals surface area (Å²) >= 11 is 2.40. The highest BCUT2D eigenvalue weighted by molar-refractivity contribution is 8.02. The Labute approximate surface area is 152 Å². The van der Waals surface area contributed by atoms with Gasteiger partial charge in [-0.15, -0.1) is 11.3 Å². The maximum atomic E-state index is 11.3. The van der Waals surface area contributed by atoms with Crippen LogP contribution < -0.4 is 0 Å². The number of carboxylic acid groups (broad SMARTS) is 2. The minimum atomic E-state index is -1.14. The minimum absolute atomic E-state index is 0.438. The van der Waals surface area contributed by atoms with Crippen molar-refractivity contribution in [2.24, 2.45) is 0 Å². The van der Waals surface area contributed by atoms with Gasteiger partial charge in [-0.25, -0.2) is 4.98 Å². The summed E-state index contributed by atoms with van der Waals surface area (Å²) in [6, 6.07) is 15.9. The van der Waals surface area contributed by atoms with Crippen LogP contribution in [0, 0.1) is 0 Å². The molecule has 3 rings (SSSR count). The molecular formula is C18H15NO4S2. The summed E-state index contributed by atoms with van der Waals surface area (Å²) in [5.74, 6) is -2.28. The first kappa shape index (κ1) is 17.4. The van der Waals surface area contributed by atoms with E-state index in [1.54, 1.807) is 0 Å². The van der Waals surface area contributed by atoms with Gasteiger partial charge in [-0.1, -0.05) is 54.2 Å². The van der Waals surface area contributed by atoms with Gasteiger partial charge in [0.1, 0.15) is 5.25 Å². The van der Waals surface area contributed by atoms with Gasteiger partial charge in [0.15, 0.2) is 4.34 Å². The van der Waals surface area contributed by atoms with Crippen LogP contribution in [0.5, 0.6) is 0 Å². The lowest BCUT2D eigenvalue weighted by Crippen LogP contribution is -2.20. The summed E-state index contributed by atoms with van der Waals surface area (Å²) in [6.45, 7) is 0. The fraction of sp³-hybridized carbons (Fsp3) is 0.167. The second-order valence-electron chi connectivity index (χ2n) is 5.45. The van der Waals surface area contributed by atoms with Crippen LogP contribution in [0.2, 0.25) is 0 Å². The number of carbonyl (C=O) groups is 2. The number of nitrogens with zero attached hydrogens (tertiary/aromatic N) is 1. The van der Waals surface area contributed by atoms with Gasteiger partial charge in [0.25, 0.3) is 0 Å². The normalized spacial score (nSPS) is 12.2. The van der Waals surface area contributed by atoms with E-state index in [4.69, 9.17) is 5.11 Å². The number of thioether (sulfide) groups is 1. The fourth-order valence-electron chi connectivity index (χ4n) is 2.45. The van der Waals surface area contributed by atoms with Crippen molar-refractivity contribution < 1.29 is 19.8 Å². The van der Waals surface area contributed by atoms with Gasteiger partial charge in [-0.05, 0) is 23.6 Å². The lowest BCUT2D eigenvalue weighted by atomic mass is 10.0. The third-order valence-corrected chi connectivity index (χ3v) is 6.02. The molecule has 3 aromatic rings. The van der Waals surface area contributed by atoms with Crippen LogP contribution in [0.1, 0.15) is 17.5 Å². The quantitative estimate of drug-likeness (QED) is 0.611. The molecule has 25 heavy (non-hydrogen) atoms. The van der Waals surface area contributed by atoms with Gasteiger partial charge >= 0.3 is 11.9 Å². The Hall–Kier alpha value is -2.38. The number of aliphatic carboxylic acids is 2. The highest BCUT2D eigenvalue weighted by Crippen LogP contribution is 2.35. The number of thiazole rings is 1. The van der Waals surface area contributed by atoms with Crippen LogP contribution in [0.3, 0.4) is 0 Å². The number of hydrogen-bond donors (Lipinski definition) is 2. The number of fused-ring (bicyclic) bond motifs is 1. The number of rotatable bonds is 7. The molecule has 1 heterocycles. The molecule has 1 aromatic heterocycles. The first-order chi connectivity index (χ1) is 12.0. The summed E-state index contributed by atoms with van der Waals surface area (Å²) in [7, 11) is 0. The topological polar surface area (TPSA) is 87.5 Å². The maximum Gasteiger partial charge on any atom is 0.317 e. The zero-order valence-corrected chi connectivity index (χ0v) is 14.7. The molecule has 128 valence electrons. The van der Waals surface area contributed by atoms with Crippen LogP contribution in [-0.4, -0.2) is 32.4 Å². The van der Waals surface area contributed by atoms with Crippen LogP contribution >= 0.6 is 23.1 Å². The molecule has 7 heteroatoms. The zero-order chi connectivity index (χ0) is 17.8. The minimum Gasteiger partial charge on any atom is -0.481 e. The molecule has 0 spiro atoms. The molecule has 0 fully saturated rings. The van der Waals surface area contributed by atoms with E-state index < -0.39 is 23.6 Å². The van der Waals surface area contributed by atoms with Crippen molar-refractivity contribution in [1.82, 2.24) is 4.98 Å². The average Bonchev–Trinajstić information content (AvgIpc) is 2.98. The molecule has 0 radical (unpaired) electrons. The Morgan fingerprint density at radius 2 is 1.84 bits per heavy atom. The lowest BCUT2D eigenvalue weighted by molar-refractivity contribution is -0.142. The molecular weight excluding hydrogens is 358 g/mol. The second kappa shape index (κ2) is 7.67. The first-order valence-electron chi connectivity index (χ1n) is 7.56. The highest BCUT2D eigenvalue weighted by Gasteiger charge is 2.24. The maximum absolute atomic E-state index is 11.3. The molecule has 0 aliphatic rings. The van der Waals surface area contributed by atoms with Crippen molar-refractivity contribution in [1.29, 1.82) is 0 Å². The molecule has 1 atom stereocenters. The zero-order valence-electron chi connectivity index (χ0n) is 13.1. The number of hydrogen-bond acceptors (Lipinski definition) is 5. The van der Waals surface area contributed by atoms with Gasteiger partial charge in [0, 0.05) is 0 Å². The van der Waals surface area contributed by atoms with Crippen molar-refractivity contribution in [3.05, 3.63) is 59.7 Å². The van der Waals surface area contributed by atoms with E-state index in [0.29, 0.717) is 4.34 Å². The lowest BCUT2D eigenvalue weighted by Gasteiger charge is -2.06. The van der Waals surface area contributed by atoms with Crippen LogP contribution in [-0.2, 0) is 16.0 Å². The van der Waals surface area contributed by atoms with Gasteiger partial charge in [0.2, 0.25) is 0 Å². The number of aromatic nitrogens is 1. The van der Waals surface area contributed by atoms with Crippen molar-refractivity contribution >= 4 is 45.3 Å². The number of benzene rings is 2. The summed E-state index contributed by atoms with van der Waals surface area (Å²) in [6.07, 6.45) is 0.328. The molecule has 0 saturated carbocycles. The van der Waals surface area contributed by atoms with Gasteiger partial charge < -0.3 is 10.2 Å². The van der Waals surface area contributed by atoms with E-state index in [-0.39, 0.29) is 0 Å². The predicted octanol–water partition coefficient (Wildman–Crippen LogP) is 3.91. The Morgan fingerprint density at radius 1 is 1.08 bits per heavy atom. The van der Waals surface area contributed by atoms with Gasteiger partial charge in [0.05, 0.1) is 16.6 Å². The van der Waals surface area contributed by atoms with E-state index in [0.717, 1.165) is 34.0 Å². The third kappa shape index (κ3) is 4.37. The molecule has 0 amide bonds. The monoisotopic (exact) mass is 373 g/mol. The summed E-state index contributed by atoms with van der Waals surface area (Å²) in [5, 5.41) is 17.0. The smallest absolute Gasteiger partial charge is 0.317 e. The van der Waals surface area contributed by atoms with Crippen LogP contribution in [0.4, 0.5) is 0 Å². The first-order valence-corrected chi connectivity index (χ1v) is 9.26. The molecule has 5 nitrogen and oxygen atoms in total. The molecule has 1 unspecified atom stereocenters. The Morgan fingerprint density at radius 3 is 2.52 bits per heavy atom. The molecule has 2 N–H and O–H groups in total. The summed E-state index contributed by atoms with van der Waals surface area (Å²) < 4.78 is 1.58. The summed E-state index contributed by atoms with van der Waals surface area (Å²) in [5.41, 5.74) is 3.12. The van der Waals surface area contributed by atoms with Gasteiger partial charge in [-0.3, -0.25) is 9.59 Å². The predicted molar refractivity (Wildman–Crippen MR) is 98.4 cm³/mol. The molecule has 0 saturated heterocycles. The van der Waals surface area contributed by atoms with E-state index in [1.807, 2.05) is 36.4 Å². The second-order valence-corrected chi connectivity index (χ2v) is 7.90. The standard InChI is InChI=1S/C18H15NO4S2/c20-15(21)10-14(17(22)23)24-18-19-13-8-4-7-12(16(13)25-18)9-11-5-2-1-3-6-11/h1-8,14H,9-10H2,(H,20,21)(H,22,23). The van der Waals surface area contributed by atoms with E-state index in [9.17, 15) is 14.7 Å².